The quantitative estimate of drug-likeness (QED) is 0.149. The van der Waals surface area contributed by atoms with Crippen LogP contribution in [0.25, 0.3) is 22.4 Å². The molecule has 0 radical (unpaired) electrons. The molecule has 210 valence electrons. The molecule has 0 spiro atoms. The van der Waals surface area contributed by atoms with Crippen LogP contribution in [-0.2, 0) is 16.6 Å². The molecule has 1 aliphatic heterocycles. The molecule has 10 heteroatoms. The Morgan fingerprint density at radius 3 is 2.83 bits per heavy atom. The standard InChI is InChI=1S/C31H25F3N2O4S/c1-31(11-14-38-27-17(6-4-13-37)5-3-7-21(27)31)23-16-39-30(36-23)20-15-18(8-9-22(20)32)40-28-25(34)24(33)26-19(10-12-35-26)29(28)41-2/h3,5,7-10,12-13,15-16,35H,4,6,11,14H2,1-2H3. The van der Waals surface area contributed by atoms with E-state index in [9.17, 15) is 9.18 Å². The van der Waals surface area contributed by atoms with Gasteiger partial charge in [0.2, 0.25) is 11.7 Å². The van der Waals surface area contributed by atoms with Gasteiger partial charge in [-0.15, -0.1) is 11.8 Å². The average Bonchev–Trinajstić information content (AvgIpc) is 3.67. The first-order valence-electron chi connectivity index (χ1n) is 13.0. The Kier molecular flexibility index (Phi) is 7.03. The lowest BCUT2D eigenvalue weighted by molar-refractivity contribution is -0.107. The number of hydrogen-bond acceptors (Lipinski definition) is 6. The number of hydrogen-bond donors (Lipinski definition) is 1. The predicted molar refractivity (Wildman–Crippen MR) is 149 cm³/mol. The fourth-order valence-electron chi connectivity index (χ4n) is 5.32. The summed E-state index contributed by atoms with van der Waals surface area (Å²) in [6, 6.07) is 11.3. The van der Waals surface area contributed by atoms with Crippen LogP contribution in [0.5, 0.6) is 17.2 Å². The van der Waals surface area contributed by atoms with Crippen LogP contribution in [-0.4, -0.2) is 29.1 Å². The van der Waals surface area contributed by atoms with Gasteiger partial charge < -0.3 is 23.7 Å². The molecular weight excluding hydrogens is 553 g/mol. The zero-order valence-corrected chi connectivity index (χ0v) is 23.0. The Morgan fingerprint density at radius 1 is 1.17 bits per heavy atom. The molecule has 1 N–H and O–H groups in total. The van der Waals surface area contributed by atoms with E-state index in [1.165, 1.54) is 42.4 Å². The van der Waals surface area contributed by atoms with Crippen molar-refractivity contribution in [2.75, 3.05) is 12.9 Å². The zero-order chi connectivity index (χ0) is 28.7. The smallest absolute Gasteiger partial charge is 0.229 e. The van der Waals surface area contributed by atoms with Gasteiger partial charge in [-0.2, -0.15) is 4.39 Å². The Bertz CT molecular complexity index is 1780. The van der Waals surface area contributed by atoms with Crippen molar-refractivity contribution in [3.63, 3.8) is 0 Å². The van der Waals surface area contributed by atoms with Gasteiger partial charge in [0.1, 0.15) is 29.9 Å². The molecule has 1 unspecified atom stereocenters. The number of nitrogens with one attached hydrogen (secondary N) is 1. The number of carbonyl (C=O) groups excluding carboxylic acids is 1. The number of nitrogens with zero attached hydrogens (tertiary/aromatic N) is 1. The number of benzene rings is 3. The number of aromatic amines is 1. The fourth-order valence-corrected chi connectivity index (χ4v) is 6.03. The van der Waals surface area contributed by atoms with E-state index < -0.39 is 22.9 Å². The van der Waals surface area contributed by atoms with E-state index in [1.54, 1.807) is 12.3 Å². The molecule has 0 aliphatic carbocycles. The second kappa shape index (κ2) is 10.7. The second-order valence-corrected chi connectivity index (χ2v) is 10.8. The summed E-state index contributed by atoms with van der Waals surface area (Å²) in [6.45, 7) is 2.46. The number of fused-ring (bicyclic) bond motifs is 2. The molecule has 0 saturated carbocycles. The third kappa shape index (κ3) is 4.56. The van der Waals surface area contributed by atoms with Crippen molar-refractivity contribution >= 4 is 29.0 Å². The van der Waals surface area contributed by atoms with Crippen LogP contribution in [0.4, 0.5) is 13.2 Å². The molecule has 0 fully saturated rings. The monoisotopic (exact) mass is 578 g/mol. The number of thioether (sulfide) groups is 1. The van der Waals surface area contributed by atoms with Crippen LogP contribution in [0.15, 0.2) is 64.2 Å². The Labute approximate surface area is 237 Å². The van der Waals surface area contributed by atoms with Crippen molar-refractivity contribution in [1.29, 1.82) is 0 Å². The van der Waals surface area contributed by atoms with Crippen molar-refractivity contribution in [3.8, 4) is 28.7 Å². The van der Waals surface area contributed by atoms with E-state index in [0.717, 1.165) is 23.2 Å². The first-order chi connectivity index (χ1) is 19.9. The van der Waals surface area contributed by atoms with Crippen molar-refractivity contribution < 1.29 is 31.9 Å². The van der Waals surface area contributed by atoms with Crippen molar-refractivity contribution in [1.82, 2.24) is 9.97 Å². The van der Waals surface area contributed by atoms with E-state index in [1.807, 2.05) is 25.1 Å². The lowest BCUT2D eigenvalue weighted by Crippen LogP contribution is -2.32. The van der Waals surface area contributed by atoms with E-state index in [0.29, 0.717) is 41.8 Å². The van der Waals surface area contributed by atoms with Gasteiger partial charge in [0, 0.05) is 29.0 Å². The molecular formula is C31H25F3N2O4S. The van der Waals surface area contributed by atoms with E-state index >= 15 is 8.78 Å². The summed E-state index contributed by atoms with van der Waals surface area (Å²) in [5.74, 6) is -2.27. The van der Waals surface area contributed by atoms with Gasteiger partial charge in [-0.05, 0) is 55.9 Å². The van der Waals surface area contributed by atoms with Gasteiger partial charge in [0.05, 0.1) is 28.3 Å². The number of aryl methyl sites for hydroxylation is 1. The number of H-pyrrole nitrogens is 1. The molecule has 1 aliphatic rings. The molecule has 0 bridgehead atoms. The molecule has 6 nitrogen and oxygen atoms in total. The molecule has 0 amide bonds. The SMILES string of the molecule is CSc1c(Oc2ccc(F)c(-c3nc(C4(C)CCOc5c(CCC=O)cccc54)co3)c2)c(F)c(F)c2[nH]ccc12. The summed E-state index contributed by atoms with van der Waals surface area (Å²) >= 11 is 1.21. The summed E-state index contributed by atoms with van der Waals surface area (Å²) in [5, 5.41) is 0.477. The van der Waals surface area contributed by atoms with E-state index in [2.05, 4.69) is 9.97 Å². The molecule has 3 aromatic carbocycles. The number of oxazole rings is 1. The lowest BCUT2D eigenvalue weighted by Gasteiger charge is -2.35. The molecule has 5 aromatic rings. The molecule has 1 atom stereocenters. The van der Waals surface area contributed by atoms with Gasteiger partial charge in [0.25, 0.3) is 0 Å². The molecule has 0 saturated heterocycles. The van der Waals surface area contributed by atoms with Gasteiger partial charge in [0.15, 0.2) is 11.6 Å². The van der Waals surface area contributed by atoms with Crippen molar-refractivity contribution in [3.05, 3.63) is 89.2 Å². The highest BCUT2D eigenvalue weighted by molar-refractivity contribution is 7.99. The summed E-state index contributed by atoms with van der Waals surface area (Å²) in [5.41, 5.74) is 1.91. The largest absolute Gasteiger partial charge is 0.493 e. The van der Waals surface area contributed by atoms with Gasteiger partial charge >= 0.3 is 0 Å². The molecule has 41 heavy (non-hydrogen) atoms. The van der Waals surface area contributed by atoms with Crippen LogP contribution in [0, 0.1) is 17.5 Å². The van der Waals surface area contributed by atoms with Crippen LogP contribution < -0.4 is 9.47 Å². The lowest BCUT2D eigenvalue weighted by atomic mass is 9.74. The van der Waals surface area contributed by atoms with Crippen molar-refractivity contribution in [2.45, 2.75) is 36.5 Å². The summed E-state index contributed by atoms with van der Waals surface area (Å²) < 4.78 is 62.4. The summed E-state index contributed by atoms with van der Waals surface area (Å²) in [7, 11) is 0. The van der Waals surface area contributed by atoms with Gasteiger partial charge in [-0.25, -0.2) is 13.8 Å². The van der Waals surface area contributed by atoms with E-state index in [-0.39, 0.29) is 28.5 Å². The van der Waals surface area contributed by atoms with E-state index in [4.69, 9.17) is 13.9 Å². The predicted octanol–water partition coefficient (Wildman–Crippen LogP) is 7.97. The third-order valence-corrected chi connectivity index (χ3v) is 8.36. The first-order valence-corrected chi connectivity index (χ1v) is 14.2. The molecule has 2 aromatic heterocycles. The molecule has 3 heterocycles. The number of carbonyl (C=O) groups is 1. The highest BCUT2D eigenvalue weighted by Gasteiger charge is 2.39. The van der Waals surface area contributed by atoms with Gasteiger partial charge in [-0.1, -0.05) is 18.2 Å². The maximum Gasteiger partial charge on any atom is 0.229 e. The second-order valence-electron chi connectivity index (χ2n) is 9.97. The highest BCUT2D eigenvalue weighted by Crippen LogP contribution is 2.46. The number of aromatic nitrogens is 2. The Morgan fingerprint density at radius 2 is 2.02 bits per heavy atom. The van der Waals surface area contributed by atoms with Crippen LogP contribution in [0.3, 0.4) is 0 Å². The number of ether oxygens (including phenoxy) is 2. The minimum Gasteiger partial charge on any atom is -0.493 e. The fraction of sp³-hybridized carbons (Fsp3) is 0.226. The zero-order valence-electron chi connectivity index (χ0n) is 22.2. The maximum absolute atomic E-state index is 15.1. The summed E-state index contributed by atoms with van der Waals surface area (Å²) in [6.07, 6.45) is 7.19. The number of rotatable bonds is 8. The minimum atomic E-state index is -1.15. The third-order valence-electron chi connectivity index (χ3n) is 7.54. The maximum atomic E-state index is 15.1. The number of halogens is 3. The van der Waals surface area contributed by atoms with Crippen LogP contribution in [0.1, 0.15) is 36.6 Å². The van der Waals surface area contributed by atoms with Crippen LogP contribution in [0.2, 0.25) is 0 Å². The van der Waals surface area contributed by atoms with Gasteiger partial charge in [-0.3, -0.25) is 0 Å². The minimum absolute atomic E-state index is 0.0127. The summed E-state index contributed by atoms with van der Waals surface area (Å²) in [4.78, 5) is 18.7. The Hall–Kier alpha value is -4.18. The Balaban J connectivity index is 1.36. The number of para-hydroxylation sites is 1. The van der Waals surface area contributed by atoms with Crippen molar-refractivity contribution in [2.24, 2.45) is 0 Å². The normalized spacial score (nSPS) is 16.4. The number of aldehydes is 1. The molecule has 6 rings (SSSR count). The first kappa shape index (κ1) is 27.0. The average molecular weight is 579 g/mol. The van der Waals surface area contributed by atoms with Crippen LogP contribution >= 0.6 is 11.8 Å². The highest BCUT2D eigenvalue weighted by atomic mass is 32.2. The topological polar surface area (TPSA) is 77.3 Å².